The van der Waals surface area contributed by atoms with Gasteiger partial charge in [-0.05, 0) is 35.1 Å². The minimum Gasteiger partial charge on any atom is -0.479 e. The lowest BCUT2D eigenvalue weighted by molar-refractivity contribution is -0.146. The number of aliphatic carboxylic acids is 1. The molecule has 0 radical (unpaired) electrons. The Bertz CT molecular complexity index is 1480. The van der Waals surface area contributed by atoms with E-state index in [0.717, 1.165) is 22.8 Å². The molecule has 0 aliphatic carbocycles. The van der Waals surface area contributed by atoms with Crippen LogP contribution in [-0.4, -0.2) is 22.9 Å². The molecule has 41 heavy (non-hydrogen) atoms. The van der Waals surface area contributed by atoms with Gasteiger partial charge in [0.1, 0.15) is 12.4 Å². The Morgan fingerprint density at radius 1 is 0.829 bits per heavy atom. The van der Waals surface area contributed by atoms with Crippen molar-refractivity contribution in [1.29, 1.82) is 0 Å². The summed E-state index contributed by atoms with van der Waals surface area (Å²) in [5.74, 6) is -2.04. The molecule has 0 saturated carbocycles. The van der Waals surface area contributed by atoms with Gasteiger partial charge >= 0.3 is 12.1 Å². The van der Waals surface area contributed by atoms with Crippen molar-refractivity contribution in [3.63, 3.8) is 0 Å². The molecule has 0 bridgehead atoms. The predicted molar refractivity (Wildman–Crippen MR) is 158 cm³/mol. The summed E-state index contributed by atoms with van der Waals surface area (Å²) < 4.78 is 21.1. The van der Waals surface area contributed by atoms with E-state index in [2.05, 4.69) is 10.3 Å². The molecule has 6 nitrogen and oxygen atoms in total. The third-order valence-electron chi connectivity index (χ3n) is 6.46. The van der Waals surface area contributed by atoms with Crippen molar-refractivity contribution < 1.29 is 23.8 Å². The molecule has 4 aromatic rings. The molecule has 210 valence electrons. The number of halogens is 1. The standard InChI is InChI=1S/C34H33FN2O4/c1-33(2,3)23-34(31(38)39,37-32(40)41-22-24-13-7-4-8-14-24)27-19-20-29(28(35)21-27)36-30(25-15-9-5-10-16-25)26-17-11-6-12-18-26/h4-21H,22-23H2,1-3H3,(H,37,40)(H,38,39)/t34-/m1/s1. The van der Waals surface area contributed by atoms with E-state index in [9.17, 15) is 14.7 Å². The van der Waals surface area contributed by atoms with Gasteiger partial charge in [0.05, 0.1) is 11.4 Å². The van der Waals surface area contributed by atoms with Crippen LogP contribution in [0.4, 0.5) is 14.9 Å². The summed E-state index contributed by atoms with van der Waals surface area (Å²) in [5.41, 5.74) is 0.547. The van der Waals surface area contributed by atoms with Crippen LogP contribution in [0.5, 0.6) is 0 Å². The molecule has 0 unspecified atom stereocenters. The number of hydrogen-bond acceptors (Lipinski definition) is 4. The number of alkyl carbamates (subject to hydrolysis) is 1. The maximum Gasteiger partial charge on any atom is 0.408 e. The molecular formula is C34H33FN2O4. The van der Waals surface area contributed by atoms with Crippen LogP contribution in [0.1, 0.15) is 49.4 Å². The van der Waals surface area contributed by atoms with E-state index in [0.29, 0.717) is 5.71 Å². The Balaban J connectivity index is 1.72. The number of carboxylic acid groups (broad SMARTS) is 1. The van der Waals surface area contributed by atoms with Crippen molar-refractivity contribution in [3.8, 4) is 0 Å². The Labute approximate surface area is 239 Å². The highest BCUT2D eigenvalue weighted by molar-refractivity contribution is 6.13. The van der Waals surface area contributed by atoms with Gasteiger partial charge in [-0.25, -0.2) is 19.0 Å². The number of rotatable bonds is 9. The third-order valence-corrected chi connectivity index (χ3v) is 6.46. The van der Waals surface area contributed by atoms with E-state index in [1.807, 2.05) is 99.6 Å². The monoisotopic (exact) mass is 552 g/mol. The van der Waals surface area contributed by atoms with Gasteiger partial charge in [-0.1, -0.05) is 118 Å². The second-order valence-electron chi connectivity index (χ2n) is 11.0. The SMILES string of the molecule is CC(C)(C)C[C@](NC(=O)OCc1ccccc1)(C(=O)O)c1ccc(N=C(c2ccccc2)c2ccccc2)c(F)c1. The maximum absolute atomic E-state index is 15.7. The molecule has 0 heterocycles. The van der Waals surface area contributed by atoms with Crippen LogP contribution >= 0.6 is 0 Å². The minimum absolute atomic E-state index is 0.0168. The highest BCUT2D eigenvalue weighted by Gasteiger charge is 2.46. The zero-order valence-electron chi connectivity index (χ0n) is 23.3. The van der Waals surface area contributed by atoms with Crippen molar-refractivity contribution in [2.75, 3.05) is 0 Å². The van der Waals surface area contributed by atoms with Crippen LogP contribution in [0.3, 0.4) is 0 Å². The molecule has 7 heteroatoms. The number of carbonyl (C=O) groups excluding carboxylic acids is 1. The second kappa shape index (κ2) is 12.6. The van der Waals surface area contributed by atoms with Crippen LogP contribution in [0.25, 0.3) is 0 Å². The van der Waals surface area contributed by atoms with E-state index in [-0.39, 0.29) is 24.3 Å². The number of carboxylic acids is 1. The Kier molecular flexibility index (Phi) is 8.97. The van der Waals surface area contributed by atoms with Crippen LogP contribution in [0.2, 0.25) is 0 Å². The number of hydrogen-bond donors (Lipinski definition) is 2. The Morgan fingerprint density at radius 3 is 1.85 bits per heavy atom. The smallest absolute Gasteiger partial charge is 0.408 e. The second-order valence-corrected chi connectivity index (χ2v) is 11.0. The molecule has 0 aliphatic heterocycles. The summed E-state index contributed by atoms with van der Waals surface area (Å²) in [7, 11) is 0. The summed E-state index contributed by atoms with van der Waals surface area (Å²) in [6.07, 6.45) is -0.935. The van der Waals surface area contributed by atoms with Gasteiger partial charge < -0.3 is 15.2 Å². The van der Waals surface area contributed by atoms with Crippen LogP contribution in [0.15, 0.2) is 114 Å². The fourth-order valence-electron chi connectivity index (χ4n) is 4.67. The lowest BCUT2D eigenvalue weighted by atomic mass is 9.75. The van der Waals surface area contributed by atoms with Gasteiger partial charge in [0, 0.05) is 11.1 Å². The van der Waals surface area contributed by atoms with Crippen molar-refractivity contribution in [2.45, 2.75) is 39.3 Å². The first kappa shape index (κ1) is 29.2. The first-order valence-corrected chi connectivity index (χ1v) is 13.3. The molecule has 0 spiro atoms. The Morgan fingerprint density at radius 2 is 1.37 bits per heavy atom. The molecule has 4 rings (SSSR count). The number of carbonyl (C=O) groups is 2. The first-order chi connectivity index (χ1) is 19.6. The zero-order chi connectivity index (χ0) is 29.5. The minimum atomic E-state index is -1.95. The number of amides is 1. The predicted octanol–water partition coefficient (Wildman–Crippen LogP) is 7.64. The maximum atomic E-state index is 15.7. The molecule has 0 aliphatic rings. The zero-order valence-corrected chi connectivity index (χ0v) is 23.3. The highest BCUT2D eigenvalue weighted by Crippen LogP contribution is 2.37. The van der Waals surface area contributed by atoms with Crippen molar-refractivity contribution in [2.24, 2.45) is 10.4 Å². The number of nitrogens with zero attached hydrogens (tertiary/aromatic N) is 1. The van der Waals surface area contributed by atoms with Gasteiger partial charge in [-0.2, -0.15) is 0 Å². The van der Waals surface area contributed by atoms with E-state index >= 15 is 4.39 Å². The Hall–Kier alpha value is -4.78. The van der Waals surface area contributed by atoms with Crippen molar-refractivity contribution in [3.05, 3.63) is 137 Å². The largest absolute Gasteiger partial charge is 0.479 e. The summed E-state index contributed by atoms with van der Waals surface area (Å²) in [5, 5.41) is 13.0. The molecule has 1 atom stereocenters. The van der Waals surface area contributed by atoms with Gasteiger partial charge in [0.25, 0.3) is 0 Å². The van der Waals surface area contributed by atoms with Crippen molar-refractivity contribution in [1.82, 2.24) is 5.32 Å². The highest BCUT2D eigenvalue weighted by atomic mass is 19.1. The van der Waals surface area contributed by atoms with E-state index in [4.69, 9.17) is 4.74 Å². The topological polar surface area (TPSA) is 88.0 Å². The van der Waals surface area contributed by atoms with Crippen LogP contribution < -0.4 is 5.32 Å². The summed E-state index contributed by atoms with van der Waals surface area (Å²) in [6, 6.07) is 32.0. The van der Waals surface area contributed by atoms with Gasteiger partial charge in [-0.15, -0.1) is 0 Å². The number of benzene rings is 4. The fraction of sp³-hybridized carbons (Fsp3) is 0.206. The molecule has 0 saturated heterocycles. The summed E-state index contributed by atoms with van der Waals surface area (Å²) in [6.45, 7) is 5.51. The average molecular weight is 553 g/mol. The van der Waals surface area contributed by atoms with Crippen LogP contribution in [0, 0.1) is 11.2 Å². The normalized spacial score (nSPS) is 12.6. The third kappa shape index (κ3) is 7.45. The van der Waals surface area contributed by atoms with Crippen LogP contribution in [-0.2, 0) is 21.7 Å². The molecular weight excluding hydrogens is 519 g/mol. The fourth-order valence-corrected chi connectivity index (χ4v) is 4.67. The molecule has 0 aromatic heterocycles. The average Bonchev–Trinajstić information content (AvgIpc) is 2.95. The van der Waals surface area contributed by atoms with E-state index in [1.165, 1.54) is 12.1 Å². The van der Waals surface area contributed by atoms with E-state index < -0.39 is 28.8 Å². The van der Waals surface area contributed by atoms with Gasteiger partial charge in [-0.3, -0.25) is 0 Å². The summed E-state index contributed by atoms with van der Waals surface area (Å²) in [4.78, 5) is 30.4. The lowest BCUT2D eigenvalue weighted by Crippen LogP contribution is -2.54. The lowest BCUT2D eigenvalue weighted by Gasteiger charge is -2.36. The molecule has 4 aromatic carbocycles. The number of ether oxygens (including phenoxy) is 1. The molecule has 1 amide bonds. The van der Waals surface area contributed by atoms with Gasteiger partial charge in [0.2, 0.25) is 0 Å². The molecule has 0 fully saturated rings. The van der Waals surface area contributed by atoms with Gasteiger partial charge in [0.15, 0.2) is 5.54 Å². The quantitative estimate of drug-likeness (QED) is 0.209. The van der Waals surface area contributed by atoms with Crippen molar-refractivity contribution >= 4 is 23.5 Å². The molecule has 2 N–H and O–H groups in total. The van der Waals surface area contributed by atoms with E-state index in [1.54, 1.807) is 12.1 Å². The number of aliphatic imine (C=N–C) groups is 1. The number of nitrogens with one attached hydrogen (secondary N) is 1. The first-order valence-electron chi connectivity index (χ1n) is 13.3. The summed E-state index contributed by atoms with van der Waals surface area (Å²) >= 11 is 0.